The smallest absolute Gasteiger partial charge is 0.326 e. The summed E-state index contributed by atoms with van der Waals surface area (Å²) in [5, 5.41) is 11.3. The van der Waals surface area contributed by atoms with Crippen molar-refractivity contribution >= 4 is 11.9 Å². The lowest BCUT2D eigenvalue weighted by molar-refractivity contribution is -0.140. The third-order valence-electron chi connectivity index (χ3n) is 2.59. The minimum atomic E-state index is -1.13. The molecule has 0 aromatic heterocycles. The Bertz CT molecular complexity index is 471. The second-order valence-corrected chi connectivity index (χ2v) is 4.52. The molecule has 0 aliphatic rings. The molecule has 0 unspecified atom stereocenters. The van der Waals surface area contributed by atoms with Crippen LogP contribution in [0.5, 0.6) is 0 Å². The Labute approximate surface area is 105 Å². The van der Waals surface area contributed by atoms with Crippen molar-refractivity contribution in [2.45, 2.75) is 26.8 Å². The fourth-order valence-corrected chi connectivity index (χ4v) is 1.54. The molecule has 0 aliphatic carbocycles. The lowest BCUT2D eigenvalue weighted by Gasteiger charge is -2.18. The van der Waals surface area contributed by atoms with Crippen LogP contribution >= 0.6 is 0 Å². The quantitative estimate of drug-likeness (QED) is 0.862. The van der Waals surface area contributed by atoms with E-state index in [1.807, 2.05) is 0 Å². The maximum absolute atomic E-state index is 13.5. The van der Waals surface area contributed by atoms with Gasteiger partial charge in [0.05, 0.1) is 5.56 Å². The molecule has 0 spiro atoms. The number of carboxylic acid groups (broad SMARTS) is 1. The molecule has 5 heteroatoms. The summed E-state index contributed by atoms with van der Waals surface area (Å²) in [5.41, 5.74) is 0.551. The van der Waals surface area contributed by atoms with Gasteiger partial charge >= 0.3 is 5.97 Å². The monoisotopic (exact) mass is 253 g/mol. The number of nitrogens with one attached hydrogen (secondary N) is 1. The summed E-state index contributed by atoms with van der Waals surface area (Å²) in [6.45, 7) is 5.05. The van der Waals surface area contributed by atoms with Crippen LogP contribution < -0.4 is 5.32 Å². The topological polar surface area (TPSA) is 66.4 Å². The van der Waals surface area contributed by atoms with Gasteiger partial charge in [-0.2, -0.15) is 0 Å². The first-order valence-corrected chi connectivity index (χ1v) is 5.62. The Kier molecular flexibility index (Phi) is 4.42. The highest BCUT2D eigenvalue weighted by Gasteiger charge is 2.24. The van der Waals surface area contributed by atoms with E-state index in [4.69, 9.17) is 5.11 Å². The van der Waals surface area contributed by atoms with Crippen LogP contribution in [0.3, 0.4) is 0 Å². The third-order valence-corrected chi connectivity index (χ3v) is 2.59. The highest BCUT2D eigenvalue weighted by atomic mass is 19.1. The molecule has 1 aromatic carbocycles. The molecule has 1 atom stereocenters. The van der Waals surface area contributed by atoms with E-state index in [0.717, 1.165) is 0 Å². The van der Waals surface area contributed by atoms with Crippen LogP contribution in [-0.2, 0) is 4.79 Å². The highest BCUT2D eigenvalue weighted by Crippen LogP contribution is 2.11. The number of halogens is 1. The summed E-state index contributed by atoms with van der Waals surface area (Å²) in [6.07, 6.45) is 0. The maximum Gasteiger partial charge on any atom is 0.326 e. The van der Waals surface area contributed by atoms with E-state index in [0.29, 0.717) is 5.56 Å². The van der Waals surface area contributed by atoms with Gasteiger partial charge in [0.1, 0.15) is 11.9 Å². The molecule has 0 saturated carbocycles. The average molecular weight is 253 g/mol. The number of rotatable bonds is 4. The van der Waals surface area contributed by atoms with Gasteiger partial charge in [-0.15, -0.1) is 0 Å². The number of carbonyl (C=O) groups excluding carboxylic acids is 1. The molecule has 1 amide bonds. The maximum atomic E-state index is 13.5. The molecule has 0 aliphatic heterocycles. The van der Waals surface area contributed by atoms with Crippen molar-refractivity contribution in [3.05, 3.63) is 35.1 Å². The molecule has 4 nitrogen and oxygen atoms in total. The fraction of sp³-hybridized carbons (Fsp3) is 0.385. The lowest BCUT2D eigenvalue weighted by atomic mass is 10.0. The van der Waals surface area contributed by atoms with Crippen molar-refractivity contribution in [3.8, 4) is 0 Å². The molecule has 0 saturated heterocycles. The van der Waals surface area contributed by atoms with Crippen LogP contribution in [0.15, 0.2) is 18.2 Å². The Morgan fingerprint density at radius 3 is 2.39 bits per heavy atom. The van der Waals surface area contributed by atoms with Crippen LogP contribution in [0.2, 0.25) is 0 Å². The number of aliphatic carboxylic acids is 1. The summed E-state index contributed by atoms with van der Waals surface area (Å²) < 4.78 is 13.5. The first-order chi connectivity index (χ1) is 8.32. The molecular formula is C13H16FNO3. The lowest BCUT2D eigenvalue weighted by Crippen LogP contribution is -2.44. The van der Waals surface area contributed by atoms with Crippen LogP contribution in [0.25, 0.3) is 0 Å². The molecule has 0 bridgehead atoms. The largest absolute Gasteiger partial charge is 0.480 e. The molecule has 98 valence electrons. The molecule has 1 aromatic rings. The summed E-state index contributed by atoms with van der Waals surface area (Å²) in [4.78, 5) is 22.7. The van der Waals surface area contributed by atoms with E-state index in [-0.39, 0.29) is 11.5 Å². The highest BCUT2D eigenvalue weighted by molar-refractivity contribution is 5.96. The predicted octanol–water partition coefficient (Wildman–Crippen LogP) is 1.97. The van der Waals surface area contributed by atoms with E-state index < -0.39 is 23.7 Å². The summed E-state index contributed by atoms with van der Waals surface area (Å²) in [5.74, 6) is -2.78. The predicted molar refractivity (Wildman–Crippen MR) is 64.9 cm³/mol. The van der Waals surface area contributed by atoms with E-state index in [9.17, 15) is 14.0 Å². The molecule has 0 fully saturated rings. The Morgan fingerprint density at radius 1 is 1.33 bits per heavy atom. The number of benzene rings is 1. The van der Waals surface area contributed by atoms with Gasteiger partial charge in [-0.3, -0.25) is 4.79 Å². The zero-order chi connectivity index (χ0) is 13.9. The Balaban J connectivity index is 2.91. The number of hydrogen-bond donors (Lipinski definition) is 2. The first kappa shape index (κ1) is 14.2. The van der Waals surface area contributed by atoms with Crippen molar-refractivity contribution in [3.63, 3.8) is 0 Å². The van der Waals surface area contributed by atoms with Crippen molar-refractivity contribution in [1.29, 1.82) is 0 Å². The second-order valence-electron chi connectivity index (χ2n) is 4.52. The average Bonchev–Trinajstić information content (AvgIpc) is 2.24. The summed E-state index contributed by atoms with van der Waals surface area (Å²) in [6, 6.07) is 3.15. The number of carbonyl (C=O) groups is 2. The SMILES string of the molecule is Cc1ccc(C(=O)N[C@H](C(=O)O)C(C)C)c(F)c1. The zero-order valence-electron chi connectivity index (χ0n) is 10.5. The molecule has 2 N–H and O–H groups in total. The van der Waals surface area contributed by atoms with E-state index in [1.54, 1.807) is 26.8 Å². The minimum Gasteiger partial charge on any atom is -0.480 e. The van der Waals surface area contributed by atoms with Crippen molar-refractivity contribution < 1.29 is 19.1 Å². The third kappa shape index (κ3) is 3.29. The first-order valence-electron chi connectivity index (χ1n) is 5.62. The van der Waals surface area contributed by atoms with E-state index >= 15 is 0 Å². The molecule has 1 rings (SSSR count). The molecular weight excluding hydrogens is 237 g/mol. The van der Waals surface area contributed by atoms with Crippen LogP contribution in [0.1, 0.15) is 29.8 Å². The van der Waals surface area contributed by atoms with E-state index in [2.05, 4.69) is 5.32 Å². The normalized spacial score (nSPS) is 12.3. The van der Waals surface area contributed by atoms with Crippen LogP contribution in [-0.4, -0.2) is 23.0 Å². The van der Waals surface area contributed by atoms with E-state index in [1.165, 1.54) is 12.1 Å². The number of amides is 1. The molecule has 0 heterocycles. The molecule has 18 heavy (non-hydrogen) atoms. The van der Waals surface area contributed by atoms with Gasteiger partial charge in [-0.1, -0.05) is 19.9 Å². The van der Waals surface area contributed by atoms with Gasteiger partial charge in [0.2, 0.25) is 0 Å². The zero-order valence-corrected chi connectivity index (χ0v) is 10.5. The number of aryl methyl sites for hydroxylation is 1. The summed E-state index contributed by atoms with van der Waals surface area (Å²) in [7, 11) is 0. The molecule has 0 radical (unpaired) electrons. The van der Waals surface area contributed by atoms with Gasteiger partial charge in [0.25, 0.3) is 5.91 Å². The number of carboxylic acids is 1. The minimum absolute atomic E-state index is 0.146. The van der Waals surface area contributed by atoms with Gasteiger partial charge in [-0.05, 0) is 30.5 Å². The van der Waals surface area contributed by atoms with Gasteiger partial charge < -0.3 is 10.4 Å². The fourth-order valence-electron chi connectivity index (χ4n) is 1.54. The van der Waals surface area contributed by atoms with Crippen LogP contribution in [0.4, 0.5) is 4.39 Å². The Morgan fingerprint density at radius 2 is 1.94 bits per heavy atom. The standard InChI is InChI=1S/C13H16FNO3/c1-7(2)11(13(17)18)15-12(16)9-5-4-8(3)6-10(9)14/h4-7,11H,1-3H3,(H,15,16)(H,17,18)/t11-/m0/s1. The van der Waals surface area contributed by atoms with Gasteiger partial charge in [-0.25, -0.2) is 9.18 Å². The Hall–Kier alpha value is -1.91. The van der Waals surface area contributed by atoms with Crippen molar-refractivity contribution in [1.82, 2.24) is 5.32 Å². The van der Waals surface area contributed by atoms with Gasteiger partial charge in [0.15, 0.2) is 0 Å². The van der Waals surface area contributed by atoms with Crippen molar-refractivity contribution in [2.24, 2.45) is 5.92 Å². The summed E-state index contributed by atoms with van der Waals surface area (Å²) >= 11 is 0. The number of hydrogen-bond acceptors (Lipinski definition) is 2. The second kappa shape index (κ2) is 5.62. The van der Waals surface area contributed by atoms with Crippen LogP contribution in [0, 0.1) is 18.7 Å². The van der Waals surface area contributed by atoms with Crippen molar-refractivity contribution in [2.75, 3.05) is 0 Å². The van der Waals surface area contributed by atoms with Gasteiger partial charge in [0, 0.05) is 0 Å².